The van der Waals surface area contributed by atoms with E-state index in [1.807, 2.05) is 0 Å². The van der Waals surface area contributed by atoms with Gasteiger partial charge in [-0.2, -0.15) is 0 Å². The lowest BCUT2D eigenvalue weighted by Gasteiger charge is -2.29. The Balaban J connectivity index is 1.25. The largest absolute Gasteiger partial charge is 0.0646 e. The second-order valence-electron chi connectivity index (χ2n) is 23.7. The van der Waals surface area contributed by atoms with Crippen molar-refractivity contribution in [2.24, 2.45) is 0 Å². The number of hydrogen-bond donors (Lipinski definition) is 0. The van der Waals surface area contributed by atoms with Crippen molar-refractivity contribution in [3.05, 3.63) is 153 Å². The fraction of sp³-hybridized carbons (Fsp3) is 0.438. The second-order valence-corrected chi connectivity index (χ2v) is 23.7. The normalized spacial score (nSPS) is 15.2. The summed E-state index contributed by atoms with van der Waals surface area (Å²) < 4.78 is 0. The standard InChI is InChI=1S/C64H78/c1-19-59(7,8)43-25-29-49-53(35-43)63(15,16)55-37-45(61(11,12)21-3)33-51(57(49)55)41-23-27-47(39(5)31-41)48-28-24-42(32-40(48)6)52-34-46(62(13,14)22-4)38-56-58(52)50-30-26-44(60(9,10)20-2)36-54(50)64(56,17)18/h23-38H,19-22H2,1-18H3. The van der Waals surface area contributed by atoms with E-state index in [0.717, 1.165) is 25.7 Å². The van der Waals surface area contributed by atoms with Crippen LogP contribution in [0.15, 0.2) is 97.1 Å². The molecule has 0 aromatic heterocycles. The average Bonchev–Trinajstić information content (AvgIpc) is 3.64. The first-order chi connectivity index (χ1) is 29.8. The van der Waals surface area contributed by atoms with Crippen molar-refractivity contribution in [1.82, 2.24) is 0 Å². The van der Waals surface area contributed by atoms with Crippen molar-refractivity contribution < 1.29 is 0 Å². The van der Waals surface area contributed by atoms with Gasteiger partial charge in [0.05, 0.1) is 0 Å². The Labute approximate surface area is 389 Å². The zero-order chi connectivity index (χ0) is 46.7. The van der Waals surface area contributed by atoms with E-state index in [9.17, 15) is 0 Å². The Bertz CT molecular complexity index is 2630. The summed E-state index contributed by atoms with van der Waals surface area (Å²) in [5, 5.41) is 0. The molecule has 0 saturated heterocycles. The highest BCUT2D eigenvalue weighted by molar-refractivity contribution is 5.96. The van der Waals surface area contributed by atoms with Crippen molar-refractivity contribution in [2.45, 2.75) is 183 Å². The lowest BCUT2D eigenvalue weighted by atomic mass is 9.75. The molecule has 0 saturated carbocycles. The van der Waals surface area contributed by atoms with Crippen LogP contribution in [0.2, 0.25) is 0 Å². The van der Waals surface area contributed by atoms with Crippen molar-refractivity contribution in [1.29, 1.82) is 0 Å². The maximum Gasteiger partial charge on any atom is 0.0159 e. The van der Waals surface area contributed by atoms with Crippen molar-refractivity contribution in [2.75, 3.05) is 0 Å². The summed E-state index contributed by atoms with van der Waals surface area (Å²) in [5.41, 5.74) is 28.0. The molecule has 0 unspecified atom stereocenters. The van der Waals surface area contributed by atoms with Gasteiger partial charge in [-0.05, 0) is 185 Å². The third-order valence-electron chi connectivity index (χ3n) is 17.6. The van der Waals surface area contributed by atoms with Crippen LogP contribution >= 0.6 is 0 Å². The van der Waals surface area contributed by atoms with Crippen LogP contribution in [-0.2, 0) is 32.5 Å². The zero-order valence-corrected chi connectivity index (χ0v) is 43.1. The molecule has 0 amide bonds. The number of rotatable bonds is 11. The third-order valence-corrected chi connectivity index (χ3v) is 17.6. The van der Waals surface area contributed by atoms with Crippen LogP contribution in [-0.4, -0.2) is 0 Å². The Morgan fingerprint density at radius 1 is 0.328 bits per heavy atom. The van der Waals surface area contributed by atoms with Crippen molar-refractivity contribution in [3.63, 3.8) is 0 Å². The monoisotopic (exact) mass is 847 g/mol. The molecule has 2 aliphatic rings. The van der Waals surface area contributed by atoms with Crippen LogP contribution in [0, 0.1) is 13.8 Å². The first kappa shape index (κ1) is 45.9. The molecule has 0 radical (unpaired) electrons. The van der Waals surface area contributed by atoms with Crippen LogP contribution in [0.25, 0.3) is 55.6 Å². The summed E-state index contributed by atoms with van der Waals surface area (Å²) in [7, 11) is 0. The van der Waals surface area contributed by atoms with Gasteiger partial charge in [0.1, 0.15) is 0 Å². The molecule has 2 aliphatic carbocycles. The lowest BCUT2D eigenvalue weighted by Crippen LogP contribution is -2.21. The fourth-order valence-electron chi connectivity index (χ4n) is 10.9. The molecule has 0 bridgehead atoms. The van der Waals surface area contributed by atoms with Gasteiger partial charge in [0.25, 0.3) is 0 Å². The fourth-order valence-corrected chi connectivity index (χ4v) is 10.9. The maximum absolute atomic E-state index is 2.55. The molecule has 0 heterocycles. The minimum atomic E-state index is -0.0917. The zero-order valence-electron chi connectivity index (χ0n) is 43.1. The summed E-state index contributed by atoms with van der Waals surface area (Å²) in [6, 6.07) is 39.5. The highest BCUT2D eigenvalue weighted by Crippen LogP contribution is 2.57. The summed E-state index contributed by atoms with van der Waals surface area (Å²) >= 11 is 0. The SMILES string of the molecule is CCC(C)(C)c1ccc2c(c1)C(C)(C)c1cc(C(C)(C)CC)cc(-c3ccc(-c4ccc(-c5cc(C(C)(C)CC)cc6c5-c5ccc(C(C)(C)CC)cc5C6(C)C)cc4C)c(C)c3)c1-2. The highest BCUT2D eigenvalue weighted by Gasteiger charge is 2.41. The van der Waals surface area contributed by atoms with E-state index in [2.05, 4.69) is 222 Å². The molecule has 8 rings (SSSR count). The summed E-state index contributed by atoms with van der Waals surface area (Å²) in [5.74, 6) is 0. The average molecular weight is 847 g/mol. The predicted octanol–water partition coefficient (Wildman–Crippen LogP) is 18.7. The summed E-state index contributed by atoms with van der Waals surface area (Å²) in [6.45, 7) is 42.9. The van der Waals surface area contributed by atoms with Gasteiger partial charge in [-0.15, -0.1) is 0 Å². The molecule has 0 heteroatoms. The number of hydrogen-bond acceptors (Lipinski definition) is 0. The lowest BCUT2D eigenvalue weighted by molar-refractivity contribution is 0.502. The van der Waals surface area contributed by atoms with Gasteiger partial charge in [-0.3, -0.25) is 0 Å². The van der Waals surface area contributed by atoms with Gasteiger partial charge in [0.15, 0.2) is 0 Å². The van der Waals surface area contributed by atoms with Gasteiger partial charge in [0, 0.05) is 10.8 Å². The van der Waals surface area contributed by atoms with Crippen LogP contribution in [0.3, 0.4) is 0 Å². The molecule has 0 fully saturated rings. The highest BCUT2D eigenvalue weighted by atomic mass is 14.4. The smallest absolute Gasteiger partial charge is 0.0159 e. The first-order valence-corrected chi connectivity index (χ1v) is 24.8. The van der Waals surface area contributed by atoms with Gasteiger partial charge in [-0.1, -0.05) is 196 Å². The van der Waals surface area contributed by atoms with Crippen molar-refractivity contribution >= 4 is 0 Å². The van der Waals surface area contributed by atoms with E-state index < -0.39 is 0 Å². The topological polar surface area (TPSA) is 0 Å². The van der Waals surface area contributed by atoms with Crippen molar-refractivity contribution in [3.8, 4) is 55.6 Å². The van der Waals surface area contributed by atoms with E-state index in [1.165, 1.54) is 111 Å². The third kappa shape index (κ3) is 7.16. The van der Waals surface area contributed by atoms with Crippen LogP contribution in [0.5, 0.6) is 0 Å². The van der Waals surface area contributed by atoms with E-state index in [-0.39, 0.29) is 32.5 Å². The molecule has 0 spiro atoms. The van der Waals surface area contributed by atoms with Crippen LogP contribution < -0.4 is 0 Å². The number of benzene rings is 6. The molecular weight excluding hydrogens is 769 g/mol. The molecule has 6 aromatic rings. The molecular formula is C64H78. The number of aryl methyl sites for hydroxylation is 2. The minimum Gasteiger partial charge on any atom is -0.0646 e. The Morgan fingerprint density at radius 3 is 0.938 bits per heavy atom. The molecule has 0 aliphatic heterocycles. The van der Waals surface area contributed by atoms with Gasteiger partial charge in [-0.25, -0.2) is 0 Å². The number of fused-ring (bicyclic) bond motifs is 6. The molecule has 0 atom stereocenters. The maximum atomic E-state index is 2.55. The van der Waals surface area contributed by atoms with Gasteiger partial charge < -0.3 is 0 Å². The van der Waals surface area contributed by atoms with Gasteiger partial charge in [0.2, 0.25) is 0 Å². The molecule has 0 N–H and O–H groups in total. The second kappa shape index (κ2) is 15.5. The predicted molar refractivity (Wildman–Crippen MR) is 281 cm³/mol. The Kier molecular flexibility index (Phi) is 11.1. The molecule has 64 heavy (non-hydrogen) atoms. The quantitative estimate of drug-likeness (QED) is 0.122. The Hall–Kier alpha value is -4.68. The van der Waals surface area contributed by atoms with E-state index >= 15 is 0 Å². The van der Waals surface area contributed by atoms with Crippen LogP contribution in [0.1, 0.15) is 192 Å². The summed E-state index contributed by atoms with van der Waals surface area (Å²) in [4.78, 5) is 0. The van der Waals surface area contributed by atoms with E-state index in [0.29, 0.717) is 0 Å². The van der Waals surface area contributed by atoms with Gasteiger partial charge >= 0.3 is 0 Å². The Morgan fingerprint density at radius 2 is 0.625 bits per heavy atom. The first-order valence-electron chi connectivity index (χ1n) is 24.8. The van der Waals surface area contributed by atoms with Crippen LogP contribution in [0.4, 0.5) is 0 Å². The van der Waals surface area contributed by atoms with E-state index in [1.54, 1.807) is 0 Å². The molecule has 0 nitrogen and oxygen atoms in total. The summed E-state index contributed by atoms with van der Waals surface area (Å²) in [6.07, 6.45) is 4.41. The minimum absolute atomic E-state index is 0.0660. The molecule has 334 valence electrons. The van der Waals surface area contributed by atoms with E-state index in [4.69, 9.17) is 0 Å². The molecule has 6 aromatic carbocycles.